The van der Waals surface area contributed by atoms with E-state index in [-0.39, 0.29) is 5.91 Å². The number of nitrogens with zero attached hydrogens (tertiary/aromatic N) is 2. The molecular formula is C7H4BrN3OS2. The van der Waals surface area contributed by atoms with E-state index < -0.39 is 0 Å². The van der Waals surface area contributed by atoms with Crippen LogP contribution in [0.25, 0.3) is 0 Å². The lowest BCUT2D eigenvalue weighted by molar-refractivity contribution is 0.102. The molecule has 4 nitrogen and oxygen atoms in total. The average molecular weight is 290 g/mol. The normalized spacial score (nSPS) is 10.1. The molecule has 0 saturated heterocycles. The number of carbonyl (C=O) groups is 1. The molecule has 2 rings (SSSR count). The smallest absolute Gasteiger partial charge is 0.258 e. The lowest BCUT2D eigenvalue weighted by atomic mass is 10.3. The Morgan fingerprint density at radius 3 is 3.00 bits per heavy atom. The minimum Gasteiger partial charge on any atom is -0.311 e. The third-order valence-electron chi connectivity index (χ3n) is 1.46. The van der Waals surface area contributed by atoms with Gasteiger partial charge in [0.2, 0.25) is 0 Å². The van der Waals surface area contributed by atoms with Gasteiger partial charge < -0.3 is 5.32 Å². The highest BCUT2D eigenvalue weighted by atomic mass is 79.9. The molecule has 2 heterocycles. The predicted octanol–water partition coefficient (Wildman–Crippen LogP) is 2.61. The van der Waals surface area contributed by atoms with E-state index in [0.717, 1.165) is 15.3 Å². The monoisotopic (exact) mass is 289 g/mol. The van der Waals surface area contributed by atoms with E-state index in [1.54, 1.807) is 6.07 Å². The second kappa shape index (κ2) is 4.16. The summed E-state index contributed by atoms with van der Waals surface area (Å²) in [4.78, 5) is 11.6. The molecule has 72 valence electrons. The van der Waals surface area contributed by atoms with Crippen molar-refractivity contribution in [1.29, 1.82) is 0 Å². The van der Waals surface area contributed by atoms with Crippen LogP contribution >= 0.6 is 38.8 Å². The van der Waals surface area contributed by atoms with E-state index in [1.165, 1.54) is 17.5 Å². The van der Waals surface area contributed by atoms with Crippen LogP contribution in [0.3, 0.4) is 0 Å². The maximum atomic E-state index is 11.6. The van der Waals surface area contributed by atoms with Crippen LogP contribution < -0.4 is 5.32 Å². The van der Waals surface area contributed by atoms with E-state index >= 15 is 0 Å². The summed E-state index contributed by atoms with van der Waals surface area (Å²) < 4.78 is 4.47. The summed E-state index contributed by atoms with van der Waals surface area (Å²) >= 11 is 5.92. The molecule has 0 aliphatic rings. The Balaban J connectivity index is 2.14. The van der Waals surface area contributed by atoms with Crippen molar-refractivity contribution in [3.8, 4) is 0 Å². The highest BCUT2D eigenvalue weighted by molar-refractivity contribution is 9.11. The van der Waals surface area contributed by atoms with Crippen LogP contribution in [0.4, 0.5) is 5.00 Å². The molecule has 2 aromatic rings. The standard InChI is InChI=1S/C7H4BrN3OS2/c8-6-4(1-2-13-6)7(12)10-5-3-9-11-14-5/h1-3H,(H,10,12). The summed E-state index contributed by atoms with van der Waals surface area (Å²) in [5.41, 5.74) is 0.628. The fourth-order valence-corrected chi connectivity index (χ4v) is 2.52. The quantitative estimate of drug-likeness (QED) is 0.925. The molecule has 0 fully saturated rings. The van der Waals surface area contributed by atoms with Crippen LogP contribution in [0.15, 0.2) is 21.4 Å². The summed E-state index contributed by atoms with van der Waals surface area (Å²) in [6, 6.07) is 1.76. The van der Waals surface area contributed by atoms with Crippen molar-refractivity contribution >= 4 is 49.7 Å². The van der Waals surface area contributed by atoms with Gasteiger partial charge in [-0.15, -0.1) is 16.4 Å². The Hall–Kier alpha value is -0.790. The Labute approximate surface area is 96.3 Å². The minimum atomic E-state index is -0.149. The maximum Gasteiger partial charge on any atom is 0.258 e. The molecule has 7 heteroatoms. The molecule has 0 radical (unpaired) electrons. The summed E-state index contributed by atoms with van der Waals surface area (Å²) in [6.07, 6.45) is 1.52. The summed E-state index contributed by atoms with van der Waals surface area (Å²) in [5, 5.41) is 8.82. The molecular weight excluding hydrogens is 286 g/mol. The van der Waals surface area contributed by atoms with Gasteiger partial charge in [-0.2, -0.15) is 0 Å². The zero-order valence-corrected chi connectivity index (χ0v) is 9.95. The number of carbonyl (C=O) groups excluding carboxylic acids is 1. The molecule has 2 aromatic heterocycles. The van der Waals surface area contributed by atoms with E-state index in [2.05, 4.69) is 30.8 Å². The summed E-state index contributed by atoms with van der Waals surface area (Å²) in [5.74, 6) is -0.149. The Bertz CT molecular complexity index is 439. The zero-order valence-electron chi connectivity index (χ0n) is 6.73. The third kappa shape index (κ3) is 1.99. The molecule has 14 heavy (non-hydrogen) atoms. The first-order valence-corrected chi connectivity index (χ1v) is 6.03. The van der Waals surface area contributed by atoms with Gasteiger partial charge in [0, 0.05) is 11.5 Å². The van der Waals surface area contributed by atoms with Gasteiger partial charge in [-0.25, -0.2) is 0 Å². The first-order valence-electron chi connectivity index (χ1n) is 3.59. The van der Waals surface area contributed by atoms with Crippen molar-refractivity contribution in [2.45, 2.75) is 0 Å². The van der Waals surface area contributed by atoms with Crippen LogP contribution in [0.5, 0.6) is 0 Å². The number of rotatable bonds is 2. The number of hydrogen-bond acceptors (Lipinski definition) is 5. The molecule has 0 aliphatic carbocycles. The van der Waals surface area contributed by atoms with E-state index in [1.807, 2.05) is 5.38 Å². The fraction of sp³-hybridized carbons (Fsp3) is 0. The number of aromatic nitrogens is 2. The first-order chi connectivity index (χ1) is 6.77. The number of hydrogen-bond donors (Lipinski definition) is 1. The third-order valence-corrected chi connectivity index (χ3v) is 3.73. The number of amides is 1. The topological polar surface area (TPSA) is 54.9 Å². The molecule has 0 spiro atoms. The van der Waals surface area contributed by atoms with Crippen molar-refractivity contribution in [3.63, 3.8) is 0 Å². The van der Waals surface area contributed by atoms with Crippen molar-refractivity contribution in [1.82, 2.24) is 9.59 Å². The first kappa shape index (κ1) is 9.75. The van der Waals surface area contributed by atoms with Gasteiger partial charge in [0.25, 0.3) is 5.91 Å². The predicted molar refractivity (Wildman–Crippen MR) is 59.9 cm³/mol. The highest BCUT2D eigenvalue weighted by Gasteiger charge is 2.11. The highest BCUT2D eigenvalue weighted by Crippen LogP contribution is 2.24. The van der Waals surface area contributed by atoms with Gasteiger partial charge in [0.15, 0.2) is 0 Å². The molecule has 0 bridgehead atoms. The van der Waals surface area contributed by atoms with Crippen molar-refractivity contribution in [2.75, 3.05) is 5.32 Å². The number of halogens is 1. The Morgan fingerprint density at radius 2 is 2.43 bits per heavy atom. The van der Waals surface area contributed by atoms with Crippen LogP contribution in [0.2, 0.25) is 0 Å². The van der Waals surface area contributed by atoms with Crippen molar-refractivity contribution < 1.29 is 4.79 Å². The van der Waals surface area contributed by atoms with Crippen LogP contribution in [-0.4, -0.2) is 15.5 Å². The van der Waals surface area contributed by atoms with Crippen molar-refractivity contribution in [3.05, 3.63) is 27.0 Å². The van der Waals surface area contributed by atoms with Gasteiger partial charge in [0.1, 0.15) is 5.00 Å². The van der Waals surface area contributed by atoms with E-state index in [9.17, 15) is 4.79 Å². The molecule has 0 aromatic carbocycles. The Morgan fingerprint density at radius 1 is 1.57 bits per heavy atom. The maximum absolute atomic E-state index is 11.6. The summed E-state index contributed by atoms with van der Waals surface area (Å²) in [7, 11) is 0. The second-order valence-electron chi connectivity index (χ2n) is 2.34. The van der Waals surface area contributed by atoms with E-state index in [4.69, 9.17) is 0 Å². The van der Waals surface area contributed by atoms with Gasteiger partial charge in [-0.05, 0) is 27.4 Å². The largest absolute Gasteiger partial charge is 0.311 e. The van der Waals surface area contributed by atoms with Gasteiger partial charge in [-0.1, -0.05) is 4.49 Å². The Kier molecular flexibility index (Phi) is 2.90. The minimum absolute atomic E-state index is 0.149. The van der Waals surface area contributed by atoms with Gasteiger partial charge in [0.05, 0.1) is 15.5 Å². The number of anilines is 1. The zero-order chi connectivity index (χ0) is 9.97. The van der Waals surface area contributed by atoms with Crippen LogP contribution in [0.1, 0.15) is 10.4 Å². The van der Waals surface area contributed by atoms with Gasteiger partial charge in [-0.3, -0.25) is 4.79 Å². The molecule has 0 aliphatic heterocycles. The molecule has 0 saturated carbocycles. The number of nitrogens with one attached hydrogen (secondary N) is 1. The van der Waals surface area contributed by atoms with Gasteiger partial charge >= 0.3 is 0 Å². The SMILES string of the molecule is O=C(Nc1cnns1)c1ccsc1Br. The number of thiophene rings is 1. The second-order valence-corrected chi connectivity index (χ2v) is 5.36. The molecule has 1 N–H and O–H groups in total. The molecule has 1 amide bonds. The molecule has 0 unspecified atom stereocenters. The van der Waals surface area contributed by atoms with Crippen LogP contribution in [-0.2, 0) is 0 Å². The fourth-order valence-electron chi connectivity index (χ4n) is 0.857. The average Bonchev–Trinajstić information content (AvgIpc) is 2.75. The summed E-state index contributed by atoms with van der Waals surface area (Å²) in [6.45, 7) is 0. The van der Waals surface area contributed by atoms with E-state index in [0.29, 0.717) is 10.6 Å². The van der Waals surface area contributed by atoms with Crippen LogP contribution in [0, 0.1) is 0 Å². The lowest BCUT2D eigenvalue weighted by Gasteiger charge is -1.98. The lowest BCUT2D eigenvalue weighted by Crippen LogP contribution is -2.10. The molecule has 0 atom stereocenters. The van der Waals surface area contributed by atoms with Crippen molar-refractivity contribution in [2.24, 2.45) is 0 Å².